The summed E-state index contributed by atoms with van der Waals surface area (Å²) in [5.41, 5.74) is 0.211. The highest BCUT2D eigenvalue weighted by Crippen LogP contribution is 2.26. The Balaban J connectivity index is 2.22. The highest BCUT2D eigenvalue weighted by Gasteiger charge is 2.20. The van der Waals surface area contributed by atoms with E-state index in [4.69, 9.17) is 9.15 Å². The Morgan fingerprint density at radius 1 is 1.16 bits per heavy atom. The van der Waals surface area contributed by atoms with Crippen LogP contribution in [0, 0.1) is 12.7 Å². The van der Waals surface area contributed by atoms with Gasteiger partial charge in [0.2, 0.25) is 0 Å². The number of hydrogen-bond donors (Lipinski definition) is 2. The molecule has 0 bridgehead atoms. The number of rotatable bonds is 3. The van der Waals surface area contributed by atoms with Crippen LogP contribution in [-0.4, -0.2) is 17.6 Å². The summed E-state index contributed by atoms with van der Waals surface area (Å²) in [5, 5.41) is 5.01. The zero-order chi connectivity index (χ0) is 18.8. The summed E-state index contributed by atoms with van der Waals surface area (Å²) in [6.07, 6.45) is -0.716. The van der Waals surface area contributed by atoms with E-state index in [1.165, 1.54) is 6.07 Å². The van der Waals surface area contributed by atoms with E-state index in [1.807, 2.05) is 0 Å². The summed E-state index contributed by atoms with van der Waals surface area (Å²) in [6, 6.07) is 5.23. The van der Waals surface area contributed by atoms with Gasteiger partial charge in [0, 0.05) is 5.56 Å². The van der Waals surface area contributed by atoms with Crippen LogP contribution < -0.4 is 10.6 Å². The van der Waals surface area contributed by atoms with Crippen molar-refractivity contribution < 1.29 is 23.1 Å². The molecule has 134 valence electrons. The fourth-order valence-corrected chi connectivity index (χ4v) is 2.50. The monoisotopic (exact) mass is 412 g/mol. The minimum atomic E-state index is -0.716. The van der Waals surface area contributed by atoms with Gasteiger partial charge < -0.3 is 14.5 Å². The van der Waals surface area contributed by atoms with E-state index >= 15 is 0 Å². The zero-order valence-electron chi connectivity index (χ0n) is 14.2. The van der Waals surface area contributed by atoms with Crippen LogP contribution in [0.2, 0.25) is 0 Å². The molecule has 0 aliphatic heterocycles. The largest absolute Gasteiger partial charge is 0.444 e. The number of carbonyl (C=O) groups excluding carboxylic acids is 2. The zero-order valence-corrected chi connectivity index (χ0v) is 15.8. The van der Waals surface area contributed by atoms with Crippen LogP contribution in [0.25, 0.3) is 0 Å². The van der Waals surface area contributed by atoms with Gasteiger partial charge in [-0.2, -0.15) is 0 Å². The Kier molecular flexibility index (Phi) is 5.52. The van der Waals surface area contributed by atoms with Gasteiger partial charge in [0.25, 0.3) is 5.91 Å². The Hall–Kier alpha value is -2.35. The molecule has 2 aromatic rings. The molecule has 1 aromatic heterocycles. The SMILES string of the molecule is Cc1cc(Br)oc1C(=O)Nc1cc(F)ccc1NC(=O)OC(C)(C)C. The van der Waals surface area contributed by atoms with E-state index in [0.29, 0.717) is 10.2 Å². The molecule has 6 nitrogen and oxygen atoms in total. The summed E-state index contributed by atoms with van der Waals surface area (Å²) in [4.78, 5) is 24.2. The Labute approximate surface area is 152 Å². The van der Waals surface area contributed by atoms with E-state index in [0.717, 1.165) is 12.1 Å². The second-order valence-corrected chi connectivity index (χ2v) is 7.12. The molecule has 2 rings (SSSR count). The molecule has 0 aliphatic carbocycles. The molecule has 1 aromatic carbocycles. The first-order valence-electron chi connectivity index (χ1n) is 7.42. The first-order valence-corrected chi connectivity index (χ1v) is 8.21. The van der Waals surface area contributed by atoms with Crippen LogP contribution >= 0.6 is 15.9 Å². The van der Waals surface area contributed by atoms with E-state index in [2.05, 4.69) is 26.6 Å². The normalized spacial score (nSPS) is 11.1. The van der Waals surface area contributed by atoms with Gasteiger partial charge in [-0.1, -0.05) is 0 Å². The molecular weight excluding hydrogens is 395 g/mol. The summed E-state index contributed by atoms with van der Waals surface area (Å²) in [6.45, 7) is 6.86. The molecule has 0 fully saturated rings. The Morgan fingerprint density at radius 2 is 1.84 bits per heavy atom. The van der Waals surface area contributed by atoms with Gasteiger partial charge in [-0.15, -0.1) is 0 Å². The van der Waals surface area contributed by atoms with Crippen LogP contribution in [-0.2, 0) is 4.74 Å². The van der Waals surface area contributed by atoms with Crippen LogP contribution in [0.15, 0.2) is 33.4 Å². The second-order valence-electron chi connectivity index (χ2n) is 6.33. The predicted octanol–water partition coefficient (Wildman–Crippen LogP) is 5.09. The number of aryl methyl sites for hydroxylation is 1. The summed E-state index contributed by atoms with van der Waals surface area (Å²) in [5.74, 6) is -1.05. The molecule has 25 heavy (non-hydrogen) atoms. The number of furan rings is 1. The lowest BCUT2D eigenvalue weighted by molar-refractivity contribution is 0.0635. The number of halogens is 2. The molecule has 0 spiro atoms. The van der Waals surface area contributed by atoms with Crippen molar-refractivity contribution in [3.05, 3.63) is 46.1 Å². The molecule has 1 heterocycles. The number of carbonyl (C=O) groups is 2. The molecule has 0 atom stereocenters. The smallest absolute Gasteiger partial charge is 0.412 e. The first kappa shape index (κ1) is 19.0. The fourth-order valence-electron chi connectivity index (χ4n) is 1.99. The summed E-state index contributed by atoms with van der Waals surface area (Å²) < 4.78 is 24.4. The minimum Gasteiger partial charge on any atom is -0.444 e. The number of amides is 2. The lowest BCUT2D eigenvalue weighted by atomic mass is 10.2. The number of nitrogens with one attached hydrogen (secondary N) is 2. The maximum atomic E-state index is 13.6. The first-order chi connectivity index (χ1) is 11.5. The Morgan fingerprint density at radius 3 is 2.40 bits per heavy atom. The molecule has 0 aliphatic rings. The summed E-state index contributed by atoms with van der Waals surface area (Å²) >= 11 is 3.14. The van der Waals surface area contributed by atoms with Crippen molar-refractivity contribution in [2.45, 2.75) is 33.3 Å². The standard InChI is InChI=1S/C17H18BrFN2O4/c1-9-7-13(18)24-14(9)15(22)20-12-8-10(19)5-6-11(12)21-16(23)25-17(2,3)4/h5-8H,1-4H3,(H,20,22)(H,21,23). The molecule has 0 saturated carbocycles. The van der Waals surface area contributed by atoms with E-state index in [1.54, 1.807) is 33.8 Å². The maximum absolute atomic E-state index is 13.6. The van der Waals surface area contributed by atoms with E-state index < -0.39 is 23.4 Å². The van der Waals surface area contributed by atoms with Gasteiger partial charge in [-0.05, 0) is 67.9 Å². The highest BCUT2D eigenvalue weighted by molar-refractivity contribution is 9.10. The highest BCUT2D eigenvalue weighted by atomic mass is 79.9. The molecular formula is C17H18BrFN2O4. The molecule has 0 unspecified atom stereocenters. The van der Waals surface area contributed by atoms with Gasteiger partial charge in [-0.3, -0.25) is 10.1 Å². The fraction of sp³-hybridized carbons (Fsp3) is 0.294. The molecule has 8 heteroatoms. The van der Waals surface area contributed by atoms with Crippen LogP contribution in [0.5, 0.6) is 0 Å². The van der Waals surface area contributed by atoms with Crippen molar-refractivity contribution in [2.75, 3.05) is 10.6 Å². The molecule has 0 saturated heterocycles. The third-order valence-electron chi connectivity index (χ3n) is 2.96. The van der Waals surface area contributed by atoms with Crippen molar-refractivity contribution in [1.82, 2.24) is 0 Å². The van der Waals surface area contributed by atoms with Crippen LogP contribution in [0.4, 0.5) is 20.6 Å². The number of hydrogen-bond acceptors (Lipinski definition) is 4. The van der Waals surface area contributed by atoms with Crippen molar-refractivity contribution in [2.24, 2.45) is 0 Å². The van der Waals surface area contributed by atoms with Crippen molar-refractivity contribution >= 4 is 39.3 Å². The van der Waals surface area contributed by atoms with Crippen LogP contribution in [0.1, 0.15) is 36.9 Å². The average Bonchev–Trinajstić information content (AvgIpc) is 2.78. The predicted molar refractivity (Wildman–Crippen MR) is 95.4 cm³/mol. The van der Waals surface area contributed by atoms with Gasteiger partial charge in [-0.25, -0.2) is 9.18 Å². The van der Waals surface area contributed by atoms with Crippen molar-refractivity contribution in [3.8, 4) is 0 Å². The van der Waals surface area contributed by atoms with Gasteiger partial charge in [0.05, 0.1) is 11.4 Å². The van der Waals surface area contributed by atoms with Crippen LogP contribution in [0.3, 0.4) is 0 Å². The summed E-state index contributed by atoms with van der Waals surface area (Å²) in [7, 11) is 0. The number of anilines is 2. The van der Waals surface area contributed by atoms with Gasteiger partial charge in [0.1, 0.15) is 11.4 Å². The Bertz CT molecular complexity index is 811. The van der Waals surface area contributed by atoms with Crippen molar-refractivity contribution in [3.63, 3.8) is 0 Å². The average molecular weight is 413 g/mol. The molecule has 0 radical (unpaired) electrons. The van der Waals surface area contributed by atoms with Gasteiger partial charge in [0.15, 0.2) is 10.4 Å². The van der Waals surface area contributed by atoms with Gasteiger partial charge >= 0.3 is 6.09 Å². The van der Waals surface area contributed by atoms with E-state index in [-0.39, 0.29) is 17.1 Å². The minimum absolute atomic E-state index is 0.0827. The lowest BCUT2D eigenvalue weighted by Crippen LogP contribution is -2.27. The topological polar surface area (TPSA) is 80.6 Å². The number of ether oxygens (including phenoxy) is 1. The lowest BCUT2D eigenvalue weighted by Gasteiger charge is -2.20. The third kappa shape index (κ3) is 5.32. The second kappa shape index (κ2) is 7.26. The number of benzene rings is 1. The quantitative estimate of drug-likeness (QED) is 0.735. The molecule has 2 N–H and O–H groups in total. The molecule has 2 amide bonds. The van der Waals surface area contributed by atoms with Crippen molar-refractivity contribution in [1.29, 1.82) is 0 Å². The third-order valence-corrected chi connectivity index (χ3v) is 3.35. The maximum Gasteiger partial charge on any atom is 0.412 e. The van der Waals surface area contributed by atoms with E-state index in [9.17, 15) is 14.0 Å².